The zero-order valence-electron chi connectivity index (χ0n) is 8.61. The Bertz CT molecular complexity index is 693. The summed E-state index contributed by atoms with van der Waals surface area (Å²) in [6, 6.07) is 6.16. The molecular weight excluding hydrogens is 241 g/mol. The van der Waals surface area contributed by atoms with Gasteiger partial charge in [0.1, 0.15) is 11.6 Å². The molecule has 0 saturated carbocycles. The number of rotatable bonds is 1. The first-order chi connectivity index (χ1) is 8.24. The molecule has 17 heavy (non-hydrogen) atoms. The fourth-order valence-corrected chi connectivity index (χ4v) is 1.89. The lowest BCUT2D eigenvalue weighted by atomic mass is 10.2. The molecule has 1 N–H and O–H groups in total. The van der Waals surface area contributed by atoms with Crippen LogP contribution in [0.5, 0.6) is 0 Å². The topological polar surface area (TPSA) is 41.6 Å². The van der Waals surface area contributed by atoms with E-state index >= 15 is 0 Å². The summed E-state index contributed by atoms with van der Waals surface area (Å²) in [7, 11) is 0. The molecule has 0 saturated heterocycles. The van der Waals surface area contributed by atoms with Crippen molar-refractivity contribution >= 4 is 22.6 Å². The van der Waals surface area contributed by atoms with Crippen molar-refractivity contribution in [2.75, 3.05) is 0 Å². The highest BCUT2D eigenvalue weighted by Crippen LogP contribution is 2.26. The maximum Gasteiger partial charge on any atom is 0.140 e. The third kappa shape index (κ3) is 1.76. The van der Waals surface area contributed by atoms with Gasteiger partial charge in [-0.15, -0.1) is 0 Å². The second kappa shape index (κ2) is 3.82. The highest BCUT2D eigenvalue weighted by molar-refractivity contribution is 6.33. The molecule has 3 nitrogen and oxygen atoms in total. The lowest BCUT2D eigenvalue weighted by Crippen LogP contribution is -1.82. The smallest absolute Gasteiger partial charge is 0.140 e. The van der Waals surface area contributed by atoms with Gasteiger partial charge in [0.2, 0.25) is 0 Å². The first kappa shape index (κ1) is 10.2. The number of benzene rings is 1. The van der Waals surface area contributed by atoms with Gasteiger partial charge in [-0.3, -0.25) is 4.98 Å². The normalized spacial score (nSPS) is 10.9. The molecule has 0 radical (unpaired) electrons. The van der Waals surface area contributed by atoms with E-state index in [1.54, 1.807) is 24.5 Å². The summed E-state index contributed by atoms with van der Waals surface area (Å²) < 4.78 is 13.0. The number of hydrogen-bond donors (Lipinski definition) is 1. The zero-order chi connectivity index (χ0) is 11.8. The van der Waals surface area contributed by atoms with Crippen LogP contribution in [0.4, 0.5) is 4.39 Å². The van der Waals surface area contributed by atoms with Crippen LogP contribution in [-0.4, -0.2) is 15.0 Å². The number of aromatic amines is 1. The molecule has 0 aliphatic heterocycles. The lowest BCUT2D eigenvalue weighted by molar-refractivity contribution is 0.629. The minimum Gasteiger partial charge on any atom is -0.338 e. The van der Waals surface area contributed by atoms with Crippen LogP contribution in [0, 0.1) is 5.82 Å². The molecule has 3 aromatic rings. The molecule has 1 aromatic carbocycles. The molecule has 0 amide bonds. The highest BCUT2D eigenvalue weighted by Gasteiger charge is 2.08. The molecule has 5 heteroatoms. The molecule has 0 atom stereocenters. The average Bonchev–Trinajstić information content (AvgIpc) is 2.72. The van der Waals surface area contributed by atoms with Gasteiger partial charge in [0.25, 0.3) is 0 Å². The quantitative estimate of drug-likeness (QED) is 0.716. The Hall–Kier alpha value is -1.94. The second-order valence-electron chi connectivity index (χ2n) is 3.60. The van der Waals surface area contributed by atoms with Gasteiger partial charge in [-0.25, -0.2) is 9.37 Å². The standard InChI is InChI=1S/C12H7ClFN3/c13-9-6-15-4-3-8(9)12-16-10-2-1-7(14)5-11(10)17-12/h1-6H,(H,16,17). The molecule has 0 unspecified atom stereocenters. The van der Waals surface area contributed by atoms with Gasteiger partial charge in [0.15, 0.2) is 0 Å². The Labute approximate surface area is 101 Å². The first-order valence-electron chi connectivity index (χ1n) is 4.99. The Balaban J connectivity index is 2.22. The molecule has 2 heterocycles. The third-order valence-corrected chi connectivity index (χ3v) is 2.77. The van der Waals surface area contributed by atoms with Crippen LogP contribution < -0.4 is 0 Å². The molecule has 84 valence electrons. The van der Waals surface area contributed by atoms with Crippen molar-refractivity contribution in [3.05, 3.63) is 47.5 Å². The van der Waals surface area contributed by atoms with Gasteiger partial charge < -0.3 is 4.98 Å². The lowest BCUT2D eigenvalue weighted by Gasteiger charge is -1.97. The number of aromatic nitrogens is 3. The van der Waals surface area contributed by atoms with E-state index in [1.165, 1.54) is 12.1 Å². The van der Waals surface area contributed by atoms with E-state index < -0.39 is 0 Å². The molecule has 2 aromatic heterocycles. The van der Waals surface area contributed by atoms with Gasteiger partial charge in [-0.1, -0.05) is 11.6 Å². The maximum absolute atomic E-state index is 13.0. The molecule has 3 rings (SSSR count). The number of hydrogen-bond acceptors (Lipinski definition) is 2. The molecule has 0 fully saturated rings. The van der Waals surface area contributed by atoms with Crippen molar-refractivity contribution in [1.82, 2.24) is 15.0 Å². The van der Waals surface area contributed by atoms with Crippen molar-refractivity contribution in [1.29, 1.82) is 0 Å². The van der Waals surface area contributed by atoms with E-state index in [1.807, 2.05) is 0 Å². The van der Waals surface area contributed by atoms with Gasteiger partial charge in [0, 0.05) is 18.0 Å². The van der Waals surface area contributed by atoms with E-state index in [9.17, 15) is 4.39 Å². The van der Waals surface area contributed by atoms with Crippen LogP contribution in [0.15, 0.2) is 36.7 Å². The maximum atomic E-state index is 13.0. The number of fused-ring (bicyclic) bond motifs is 1. The van der Waals surface area contributed by atoms with Crippen LogP contribution in [0.1, 0.15) is 0 Å². The van der Waals surface area contributed by atoms with Crippen LogP contribution in [0.3, 0.4) is 0 Å². The van der Waals surface area contributed by atoms with Crippen LogP contribution in [-0.2, 0) is 0 Å². The van der Waals surface area contributed by atoms with E-state index in [-0.39, 0.29) is 5.82 Å². The van der Waals surface area contributed by atoms with E-state index in [0.717, 1.165) is 5.56 Å². The van der Waals surface area contributed by atoms with Crippen molar-refractivity contribution in [2.24, 2.45) is 0 Å². The molecule has 0 bridgehead atoms. The number of H-pyrrole nitrogens is 1. The van der Waals surface area contributed by atoms with E-state index in [4.69, 9.17) is 11.6 Å². The summed E-state index contributed by atoms with van der Waals surface area (Å²) in [5.74, 6) is 0.312. The van der Waals surface area contributed by atoms with Gasteiger partial charge >= 0.3 is 0 Å². The van der Waals surface area contributed by atoms with Gasteiger partial charge in [-0.05, 0) is 24.3 Å². The van der Waals surface area contributed by atoms with Gasteiger partial charge in [0.05, 0.1) is 16.1 Å². The van der Waals surface area contributed by atoms with Crippen molar-refractivity contribution in [3.8, 4) is 11.4 Å². The first-order valence-corrected chi connectivity index (χ1v) is 5.37. The summed E-state index contributed by atoms with van der Waals surface area (Å²) in [5.41, 5.74) is 2.10. The summed E-state index contributed by atoms with van der Waals surface area (Å²) in [4.78, 5) is 11.3. The predicted molar refractivity (Wildman–Crippen MR) is 64.3 cm³/mol. The Morgan fingerprint density at radius 2 is 2.12 bits per heavy atom. The van der Waals surface area contributed by atoms with E-state index in [2.05, 4.69) is 15.0 Å². The van der Waals surface area contributed by atoms with Crippen molar-refractivity contribution in [3.63, 3.8) is 0 Å². The predicted octanol–water partition coefficient (Wildman–Crippen LogP) is 3.42. The molecule has 0 spiro atoms. The number of pyridine rings is 1. The largest absolute Gasteiger partial charge is 0.338 e. The molecular formula is C12H7ClFN3. The van der Waals surface area contributed by atoms with Crippen molar-refractivity contribution < 1.29 is 4.39 Å². The fraction of sp³-hybridized carbons (Fsp3) is 0. The summed E-state index contributed by atoms with van der Waals surface area (Å²) >= 11 is 6.02. The van der Waals surface area contributed by atoms with Gasteiger partial charge in [-0.2, -0.15) is 0 Å². The zero-order valence-corrected chi connectivity index (χ0v) is 9.37. The highest BCUT2D eigenvalue weighted by atomic mass is 35.5. The number of nitrogens with one attached hydrogen (secondary N) is 1. The van der Waals surface area contributed by atoms with E-state index in [0.29, 0.717) is 21.9 Å². The Morgan fingerprint density at radius 1 is 1.24 bits per heavy atom. The SMILES string of the molecule is Fc1ccc2nc(-c3ccncc3Cl)[nH]c2c1. The number of nitrogens with zero attached hydrogens (tertiary/aromatic N) is 2. The number of imidazole rings is 1. The minimum atomic E-state index is -0.298. The third-order valence-electron chi connectivity index (χ3n) is 2.47. The van der Waals surface area contributed by atoms with Crippen LogP contribution >= 0.6 is 11.6 Å². The number of halogens is 2. The molecule has 0 aliphatic carbocycles. The monoisotopic (exact) mass is 247 g/mol. The fourth-order valence-electron chi connectivity index (χ4n) is 1.68. The summed E-state index contributed by atoms with van der Waals surface area (Å²) in [6.45, 7) is 0. The van der Waals surface area contributed by atoms with Crippen LogP contribution in [0.2, 0.25) is 5.02 Å². The Morgan fingerprint density at radius 3 is 2.94 bits per heavy atom. The molecule has 0 aliphatic rings. The summed E-state index contributed by atoms with van der Waals surface area (Å²) in [6.07, 6.45) is 3.18. The summed E-state index contributed by atoms with van der Waals surface area (Å²) in [5, 5.41) is 0.507. The average molecular weight is 248 g/mol. The minimum absolute atomic E-state index is 0.298. The Kier molecular flexibility index (Phi) is 2.30. The van der Waals surface area contributed by atoms with Crippen LogP contribution in [0.25, 0.3) is 22.4 Å². The second-order valence-corrected chi connectivity index (χ2v) is 4.01. The van der Waals surface area contributed by atoms with Crippen molar-refractivity contribution in [2.45, 2.75) is 0 Å².